The van der Waals surface area contributed by atoms with Gasteiger partial charge in [-0.15, -0.1) is 5.10 Å². The summed E-state index contributed by atoms with van der Waals surface area (Å²) < 4.78 is 2.10. The molecule has 3 heterocycles. The molecular formula is C19H35N5O. The number of likely N-dealkylation sites (tertiary alicyclic amines) is 2. The standard InChI is InChI=1S/C19H35N5O/c1-15(2)12-16(3)23-10-4-18(5-11-23)24-14-17(20-21-24)13-22-8-6-19(25)7-9-22/h14-16,18-19,25H,4-13H2,1-3H3. The lowest BCUT2D eigenvalue weighted by Crippen LogP contribution is -2.41. The Balaban J connectivity index is 1.47. The molecule has 25 heavy (non-hydrogen) atoms. The Hall–Kier alpha value is -0.980. The molecule has 1 aromatic heterocycles. The highest BCUT2D eigenvalue weighted by Gasteiger charge is 2.25. The highest BCUT2D eigenvalue weighted by molar-refractivity contribution is 4.95. The molecule has 0 saturated carbocycles. The molecule has 0 radical (unpaired) electrons. The van der Waals surface area contributed by atoms with E-state index >= 15 is 0 Å². The molecule has 1 unspecified atom stereocenters. The molecule has 0 bridgehead atoms. The third kappa shape index (κ3) is 5.25. The Labute approximate surface area is 152 Å². The van der Waals surface area contributed by atoms with Crippen molar-refractivity contribution >= 4 is 0 Å². The summed E-state index contributed by atoms with van der Waals surface area (Å²) >= 11 is 0. The van der Waals surface area contributed by atoms with E-state index < -0.39 is 0 Å². The number of hydrogen-bond acceptors (Lipinski definition) is 5. The summed E-state index contributed by atoms with van der Waals surface area (Å²) in [5.74, 6) is 0.765. The van der Waals surface area contributed by atoms with Gasteiger partial charge in [-0.3, -0.25) is 4.90 Å². The molecule has 2 aliphatic heterocycles. The number of aliphatic hydroxyl groups is 1. The van der Waals surface area contributed by atoms with Gasteiger partial charge in [0.2, 0.25) is 0 Å². The lowest BCUT2D eigenvalue weighted by atomic mass is 9.99. The lowest BCUT2D eigenvalue weighted by molar-refractivity contribution is 0.0786. The molecule has 0 aromatic carbocycles. The second-order valence-electron chi connectivity index (χ2n) is 8.44. The summed E-state index contributed by atoms with van der Waals surface area (Å²) in [6.45, 7) is 12.1. The van der Waals surface area contributed by atoms with Crippen LogP contribution in [0.5, 0.6) is 0 Å². The van der Waals surface area contributed by atoms with E-state index in [1.807, 2.05) is 0 Å². The van der Waals surface area contributed by atoms with Crippen molar-refractivity contribution in [2.24, 2.45) is 5.92 Å². The first kappa shape index (κ1) is 18.8. The lowest BCUT2D eigenvalue weighted by Gasteiger charge is -2.36. The Morgan fingerprint density at radius 2 is 1.76 bits per heavy atom. The Bertz CT molecular complexity index is 516. The Morgan fingerprint density at radius 1 is 1.08 bits per heavy atom. The maximum atomic E-state index is 9.61. The van der Waals surface area contributed by atoms with Crippen LogP contribution in [0.3, 0.4) is 0 Å². The normalized spacial score (nSPS) is 23.4. The number of aromatic nitrogens is 3. The first-order chi connectivity index (χ1) is 12.0. The SMILES string of the molecule is CC(C)CC(C)N1CCC(n2cc(CN3CCC(O)CC3)nn2)CC1. The zero-order chi connectivity index (χ0) is 17.8. The molecular weight excluding hydrogens is 314 g/mol. The second-order valence-corrected chi connectivity index (χ2v) is 8.44. The summed E-state index contributed by atoms with van der Waals surface area (Å²) in [7, 11) is 0. The number of hydrogen-bond donors (Lipinski definition) is 1. The zero-order valence-corrected chi connectivity index (χ0v) is 16.1. The maximum Gasteiger partial charge on any atom is 0.0967 e. The van der Waals surface area contributed by atoms with Gasteiger partial charge in [-0.05, 0) is 44.9 Å². The fourth-order valence-electron chi connectivity index (χ4n) is 4.29. The topological polar surface area (TPSA) is 57.4 Å². The molecule has 2 saturated heterocycles. The van der Waals surface area contributed by atoms with Gasteiger partial charge in [0.15, 0.2) is 0 Å². The van der Waals surface area contributed by atoms with Crippen molar-refractivity contribution in [2.75, 3.05) is 26.2 Å². The first-order valence-electron chi connectivity index (χ1n) is 10.1. The molecule has 1 atom stereocenters. The van der Waals surface area contributed by atoms with Crippen molar-refractivity contribution in [1.82, 2.24) is 24.8 Å². The van der Waals surface area contributed by atoms with Crippen LogP contribution in [0.4, 0.5) is 0 Å². The van der Waals surface area contributed by atoms with E-state index in [0.29, 0.717) is 12.1 Å². The van der Waals surface area contributed by atoms with Crippen LogP contribution in [-0.2, 0) is 6.54 Å². The van der Waals surface area contributed by atoms with E-state index in [2.05, 4.69) is 51.8 Å². The van der Waals surface area contributed by atoms with Crippen LogP contribution in [0.1, 0.15) is 64.6 Å². The summed E-state index contributed by atoms with van der Waals surface area (Å²) in [6.07, 6.45) is 7.39. The molecule has 6 heteroatoms. The maximum absolute atomic E-state index is 9.61. The minimum absolute atomic E-state index is 0.116. The van der Waals surface area contributed by atoms with Crippen molar-refractivity contribution in [2.45, 2.75) is 77.6 Å². The minimum atomic E-state index is -0.116. The average molecular weight is 350 g/mol. The van der Waals surface area contributed by atoms with Crippen LogP contribution >= 0.6 is 0 Å². The first-order valence-corrected chi connectivity index (χ1v) is 10.1. The van der Waals surface area contributed by atoms with Crippen molar-refractivity contribution in [3.05, 3.63) is 11.9 Å². The fraction of sp³-hybridized carbons (Fsp3) is 0.895. The van der Waals surface area contributed by atoms with Gasteiger partial charge in [0.05, 0.1) is 24.0 Å². The number of aliphatic hydroxyl groups excluding tert-OH is 1. The van der Waals surface area contributed by atoms with Crippen molar-refractivity contribution in [1.29, 1.82) is 0 Å². The number of nitrogens with zero attached hydrogens (tertiary/aromatic N) is 5. The molecule has 142 valence electrons. The van der Waals surface area contributed by atoms with Gasteiger partial charge < -0.3 is 10.0 Å². The van der Waals surface area contributed by atoms with Gasteiger partial charge in [-0.25, -0.2) is 4.68 Å². The van der Waals surface area contributed by atoms with Crippen molar-refractivity contribution in [3.8, 4) is 0 Å². The fourth-order valence-corrected chi connectivity index (χ4v) is 4.29. The van der Waals surface area contributed by atoms with E-state index in [-0.39, 0.29) is 6.10 Å². The van der Waals surface area contributed by atoms with Crippen LogP contribution < -0.4 is 0 Å². The Morgan fingerprint density at radius 3 is 2.40 bits per heavy atom. The molecule has 0 aliphatic carbocycles. The molecule has 6 nitrogen and oxygen atoms in total. The number of piperidine rings is 2. The van der Waals surface area contributed by atoms with E-state index in [0.717, 1.165) is 57.2 Å². The summed E-state index contributed by atoms with van der Waals surface area (Å²) in [5.41, 5.74) is 1.06. The van der Waals surface area contributed by atoms with Crippen LogP contribution in [-0.4, -0.2) is 68.2 Å². The largest absolute Gasteiger partial charge is 0.393 e. The smallest absolute Gasteiger partial charge is 0.0967 e. The second kappa shape index (κ2) is 8.60. The van der Waals surface area contributed by atoms with Gasteiger partial charge in [-0.2, -0.15) is 0 Å². The van der Waals surface area contributed by atoms with E-state index in [9.17, 15) is 5.11 Å². The molecule has 0 spiro atoms. The molecule has 0 amide bonds. The van der Waals surface area contributed by atoms with Gasteiger partial charge >= 0.3 is 0 Å². The van der Waals surface area contributed by atoms with Gasteiger partial charge in [0.25, 0.3) is 0 Å². The van der Waals surface area contributed by atoms with Crippen LogP contribution in [0.15, 0.2) is 6.20 Å². The molecule has 3 rings (SSSR count). The predicted molar refractivity (Wildman–Crippen MR) is 99.3 cm³/mol. The number of rotatable bonds is 6. The third-order valence-corrected chi connectivity index (χ3v) is 5.81. The van der Waals surface area contributed by atoms with Crippen LogP contribution in [0.2, 0.25) is 0 Å². The van der Waals surface area contributed by atoms with Crippen LogP contribution in [0.25, 0.3) is 0 Å². The predicted octanol–water partition coefficient (Wildman–Crippen LogP) is 2.31. The Kier molecular flexibility index (Phi) is 6.47. The summed E-state index contributed by atoms with van der Waals surface area (Å²) in [4.78, 5) is 5.00. The molecule has 2 aliphatic rings. The van der Waals surface area contributed by atoms with Gasteiger partial charge in [0.1, 0.15) is 0 Å². The molecule has 1 N–H and O–H groups in total. The average Bonchev–Trinajstić information content (AvgIpc) is 3.05. The quantitative estimate of drug-likeness (QED) is 0.854. The highest BCUT2D eigenvalue weighted by Crippen LogP contribution is 2.25. The zero-order valence-electron chi connectivity index (χ0n) is 16.1. The van der Waals surface area contributed by atoms with Gasteiger partial charge in [0, 0.05) is 38.8 Å². The summed E-state index contributed by atoms with van der Waals surface area (Å²) in [6, 6.07) is 1.17. The van der Waals surface area contributed by atoms with E-state index in [1.165, 1.54) is 19.3 Å². The molecule has 1 aromatic rings. The summed E-state index contributed by atoms with van der Waals surface area (Å²) in [5, 5.41) is 18.4. The minimum Gasteiger partial charge on any atom is -0.393 e. The van der Waals surface area contributed by atoms with Gasteiger partial charge in [-0.1, -0.05) is 19.1 Å². The van der Waals surface area contributed by atoms with Crippen molar-refractivity contribution in [3.63, 3.8) is 0 Å². The highest BCUT2D eigenvalue weighted by atomic mass is 16.3. The van der Waals surface area contributed by atoms with Crippen LogP contribution in [0, 0.1) is 5.92 Å². The van der Waals surface area contributed by atoms with Crippen molar-refractivity contribution < 1.29 is 5.11 Å². The third-order valence-electron chi connectivity index (χ3n) is 5.81. The van der Waals surface area contributed by atoms with E-state index in [4.69, 9.17) is 0 Å². The monoisotopic (exact) mass is 349 g/mol. The van der Waals surface area contributed by atoms with E-state index in [1.54, 1.807) is 0 Å². The molecule has 2 fully saturated rings.